The molecule has 74 valence electrons. The molecule has 0 aromatic carbocycles. The van der Waals surface area contributed by atoms with E-state index >= 15 is 0 Å². The molecular formula is C7H5N7O. The number of nitrogen functional groups attached to an aromatic ring is 1. The standard InChI is InChI=1S/C7H5N7O/c8-6-5(12-15-13-6)7-11-10-4-3-9-1-2-14(4)7/h1-3H,(H2,8,13). The van der Waals surface area contributed by atoms with E-state index < -0.39 is 0 Å². The maximum atomic E-state index is 5.56. The molecule has 0 saturated heterocycles. The minimum atomic E-state index is 0.182. The maximum Gasteiger partial charge on any atom is 0.199 e. The van der Waals surface area contributed by atoms with Crippen molar-refractivity contribution < 1.29 is 4.63 Å². The van der Waals surface area contributed by atoms with Crippen molar-refractivity contribution in [3.63, 3.8) is 0 Å². The van der Waals surface area contributed by atoms with E-state index in [9.17, 15) is 0 Å². The van der Waals surface area contributed by atoms with Crippen LogP contribution in [-0.4, -0.2) is 29.9 Å². The SMILES string of the molecule is Nc1nonc1-c1nnc2cnccn12. The van der Waals surface area contributed by atoms with Crippen LogP contribution in [0.25, 0.3) is 17.2 Å². The summed E-state index contributed by atoms with van der Waals surface area (Å²) in [6.07, 6.45) is 4.91. The maximum absolute atomic E-state index is 5.56. The lowest BCUT2D eigenvalue weighted by molar-refractivity contribution is 0.310. The van der Waals surface area contributed by atoms with Crippen LogP contribution in [0.4, 0.5) is 5.82 Å². The highest BCUT2D eigenvalue weighted by Gasteiger charge is 2.15. The number of nitrogens with zero attached hydrogens (tertiary/aromatic N) is 6. The van der Waals surface area contributed by atoms with Crippen LogP contribution in [0.2, 0.25) is 0 Å². The molecule has 0 saturated carbocycles. The van der Waals surface area contributed by atoms with Crippen molar-refractivity contribution >= 4 is 11.5 Å². The molecule has 8 heteroatoms. The van der Waals surface area contributed by atoms with Gasteiger partial charge in [-0.3, -0.25) is 9.38 Å². The van der Waals surface area contributed by atoms with Crippen molar-refractivity contribution in [1.82, 2.24) is 29.9 Å². The summed E-state index contributed by atoms with van der Waals surface area (Å²) in [4.78, 5) is 3.92. The van der Waals surface area contributed by atoms with Gasteiger partial charge in [-0.25, -0.2) is 4.63 Å². The molecule has 0 unspecified atom stereocenters. The van der Waals surface area contributed by atoms with Gasteiger partial charge in [-0.2, -0.15) is 0 Å². The van der Waals surface area contributed by atoms with Gasteiger partial charge in [0, 0.05) is 12.4 Å². The van der Waals surface area contributed by atoms with E-state index in [0.29, 0.717) is 17.2 Å². The van der Waals surface area contributed by atoms with Gasteiger partial charge in [-0.15, -0.1) is 10.2 Å². The Labute approximate surface area is 82.7 Å². The molecule has 0 atom stereocenters. The summed E-state index contributed by atoms with van der Waals surface area (Å²) in [5, 5.41) is 15.0. The first-order valence-corrected chi connectivity index (χ1v) is 4.09. The first-order valence-electron chi connectivity index (χ1n) is 4.09. The normalized spacial score (nSPS) is 10.9. The molecule has 0 radical (unpaired) electrons. The fourth-order valence-electron chi connectivity index (χ4n) is 1.27. The molecule has 3 heterocycles. The Morgan fingerprint density at radius 2 is 2.20 bits per heavy atom. The third-order valence-corrected chi connectivity index (χ3v) is 1.94. The third-order valence-electron chi connectivity index (χ3n) is 1.94. The highest BCUT2D eigenvalue weighted by atomic mass is 16.6. The van der Waals surface area contributed by atoms with E-state index in [1.54, 1.807) is 23.0 Å². The summed E-state index contributed by atoms with van der Waals surface area (Å²) in [6, 6.07) is 0. The number of hydrogen-bond acceptors (Lipinski definition) is 7. The summed E-state index contributed by atoms with van der Waals surface area (Å²) in [6.45, 7) is 0. The Hall–Kier alpha value is -2.51. The van der Waals surface area contributed by atoms with E-state index in [1.807, 2.05) is 0 Å². The monoisotopic (exact) mass is 203 g/mol. The van der Waals surface area contributed by atoms with E-state index in [1.165, 1.54) is 0 Å². The molecule has 3 aromatic heterocycles. The second-order valence-corrected chi connectivity index (χ2v) is 2.83. The van der Waals surface area contributed by atoms with Crippen molar-refractivity contribution in [2.45, 2.75) is 0 Å². The van der Waals surface area contributed by atoms with Crippen LogP contribution in [0.3, 0.4) is 0 Å². The summed E-state index contributed by atoms with van der Waals surface area (Å²) in [5.74, 6) is 0.660. The second-order valence-electron chi connectivity index (χ2n) is 2.83. The minimum absolute atomic E-state index is 0.182. The molecule has 2 N–H and O–H groups in total. The zero-order valence-corrected chi connectivity index (χ0v) is 7.40. The second kappa shape index (κ2) is 2.74. The van der Waals surface area contributed by atoms with Crippen LogP contribution in [0, 0.1) is 0 Å². The molecule has 3 rings (SSSR count). The molecule has 0 amide bonds. The average molecular weight is 203 g/mol. The van der Waals surface area contributed by atoms with E-state index in [0.717, 1.165) is 0 Å². The number of hydrogen-bond donors (Lipinski definition) is 1. The van der Waals surface area contributed by atoms with Gasteiger partial charge in [-0.05, 0) is 10.3 Å². The number of anilines is 1. The molecule has 0 aliphatic carbocycles. The molecule has 0 aliphatic heterocycles. The van der Waals surface area contributed by atoms with Crippen LogP contribution in [0.1, 0.15) is 0 Å². The van der Waals surface area contributed by atoms with Crippen molar-refractivity contribution in [1.29, 1.82) is 0 Å². The van der Waals surface area contributed by atoms with Crippen molar-refractivity contribution in [2.24, 2.45) is 0 Å². The predicted molar refractivity (Wildman–Crippen MR) is 48.5 cm³/mol. The first kappa shape index (κ1) is 7.85. The fraction of sp³-hybridized carbons (Fsp3) is 0. The molecular weight excluding hydrogens is 198 g/mol. The highest BCUT2D eigenvalue weighted by molar-refractivity contribution is 5.64. The molecule has 0 aliphatic rings. The van der Waals surface area contributed by atoms with Crippen LogP contribution >= 0.6 is 0 Å². The average Bonchev–Trinajstić information content (AvgIpc) is 2.83. The Kier molecular flexibility index (Phi) is 1.43. The lowest BCUT2D eigenvalue weighted by Gasteiger charge is -1.93. The summed E-state index contributed by atoms with van der Waals surface area (Å²) in [7, 11) is 0. The molecule has 0 spiro atoms. The zero-order valence-electron chi connectivity index (χ0n) is 7.40. The molecule has 3 aromatic rings. The van der Waals surface area contributed by atoms with Gasteiger partial charge in [0.1, 0.15) is 0 Å². The fourth-order valence-corrected chi connectivity index (χ4v) is 1.27. The van der Waals surface area contributed by atoms with Crippen LogP contribution in [0.15, 0.2) is 23.2 Å². The van der Waals surface area contributed by atoms with Crippen molar-refractivity contribution in [3.8, 4) is 11.5 Å². The number of aromatic nitrogens is 6. The van der Waals surface area contributed by atoms with Crippen molar-refractivity contribution in [3.05, 3.63) is 18.6 Å². The summed E-state index contributed by atoms with van der Waals surface area (Å²) < 4.78 is 6.19. The lowest BCUT2D eigenvalue weighted by Crippen LogP contribution is -1.94. The number of fused-ring (bicyclic) bond motifs is 1. The first-order chi connectivity index (χ1) is 7.36. The van der Waals surface area contributed by atoms with E-state index in [4.69, 9.17) is 5.73 Å². The van der Waals surface area contributed by atoms with E-state index in [-0.39, 0.29) is 5.82 Å². The quantitative estimate of drug-likeness (QED) is 0.581. The van der Waals surface area contributed by atoms with Crippen LogP contribution in [0.5, 0.6) is 0 Å². The van der Waals surface area contributed by atoms with Crippen molar-refractivity contribution in [2.75, 3.05) is 5.73 Å². The van der Waals surface area contributed by atoms with E-state index in [2.05, 4.69) is 30.1 Å². The van der Waals surface area contributed by atoms with Crippen LogP contribution < -0.4 is 5.73 Å². The van der Waals surface area contributed by atoms with Gasteiger partial charge in [-0.1, -0.05) is 0 Å². The largest absolute Gasteiger partial charge is 0.379 e. The molecule has 0 bridgehead atoms. The highest BCUT2D eigenvalue weighted by Crippen LogP contribution is 2.19. The van der Waals surface area contributed by atoms with Gasteiger partial charge in [0.2, 0.25) is 0 Å². The topological polar surface area (TPSA) is 108 Å². The Balaban J connectivity index is 2.32. The molecule has 8 nitrogen and oxygen atoms in total. The Morgan fingerprint density at radius 3 is 3.00 bits per heavy atom. The Morgan fingerprint density at radius 1 is 1.27 bits per heavy atom. The van der Waals surface area contributed by atoms with Gasteiger partial charge in [0.15, 0.2) is 23.0 Å². The number of nitrogens with two attached hydrogens (primary N) is 1. The predicted octanol–water partition coefficient (Wildman–Crippen LogP) is -0.244. The molecule has 0 fully saturated rings. The van der Waals surface area contributed by atoms with Crippen LogP contribution in [-0.2, 0) is 0 Å². The third kappa shape index (κ3) is 1.04. The smallest absolute Gasteiger partial charge is 0.199 e. The zero-order chi connectivity index (χ0) is 10.3. The van der Waals surface area contributed by atoms with Gasteiger partial charge < -0.3 is 5.73 Å². The Bertz CT molecular complexity index is 612. The van der Waals surface area contributed by atoms with Gasteiger partial charge in [0.25, 0.3) is 0 Å². The summed E-state index contributed by atoms with van der Waals surface area (Å²) in [5.41, 5.74) is 6.53. The van der Waals surface area contributed by atoms with Gasteiger partial charge in [0.05, 0.1) is 6.20 Å². The minimum Gasteiger partial charge on any atom is -0.379 e. The molecule has 15 heavy (non-hydrogen) atoms. The number of rotatable bonds is 1. The summed E-state index contributed by atoms with van der Waals surface area (Å²) >= 11 is 0. The van der Waals surface area contributed by atoms with Gasteiger partial charge >= 0.3 is 0 Å². The lowest BCUT2D eigenvalue weighted by atomic mass is 10.4.